The Morgan fingerprint density at radius 3 is 2.22 bits per heavy atom. The van der Waals surface area contributed by atoms with Gasteiger partial charge in [0.05, 0.1) is 0 Å². The molecule has 1 saturated carbocycles. The normalized spacial score (nSPS) is 16.6. The van der Waals surface area contributed by atoms with E-state index in [0.29, 0.717) is 0 Å². The maximum absolute atomic E-state index is 13.8. The predicted molar refractivity (Wildman–Crippen MR) is 66.9 cm³/mol. The van der Waals surface area contributed by atoms with Crippen LogP contribution in [0.2, 0.25) is 0 Å². The van der Waals surface area contributed by atoms with Gasteiger partial charge in [-0.15, -0.1) is 0 Å². The molecular formula is C15H13F2N. The van der Waals surface area contributed by atoms with Gasteiger partial charge in [-0.2, -0.15) is 0 Å². The van der Waals surface area contributed by atoms with Gasteiger partial charge in [0.1, 0.15) is 11.6 Å². The minimum absolute atomic E-state index is 0.279. The lowest BCUT2D eigenvalue weighted by Crippen LogP contribution is -2.18. The van der Waals surface area contributed by atoms with Crippen LogP contribution in [0.3, 0.4) is 0 Å². The van der Waals surface area contributed by atoms with Crippen molar-refractivity contribution in [3.63, 3.8) is 0 Å². The van der Waals surface area contributed by atoms with Crippen molar-refractivity contribution in [2.75, 3.05) is 0 Å². The summed E-state index contributed by atoms with van der Waals surface area (Å²) in [5.41, 5.74) is 7.18. The molecule has 1 nitrogen and oxygen atoms in total. The molecule has 92 valence electrons. The maximum atomic E-state index is 13.8. The first-order valence-corrected chi connectivity index (χ1v) is 5.94. The molecule has 2 aromatic rings. The zero-order chi connectivity index (χ0) is 12.8. The summed E-state index contributed by atoms with van der Waals surface area (Å²) < 4.78 is 27.5. The molecule has 1 aliphatic carbocycles. The lowest BCUT2D eigenvalue weighted by atomic mass is 9.98. The van der Waals surface area contributed by atoms with E-state index in [-0.39, 0.29) is 16.7 Å². The Kier molecular flexibility index (Phi) is 2.45. The van der Waals surface area contributed by atoms with Crippen molar-refractivity contribution in [1.29, 1.82) is 0 Å². The molecule has 0 aromatic heterocycles. The molecule has 18 heavy (non-hydrogen) atoms. The molecule has 2 N–H and O–H groups in total. The van der Waals surface area contributed by atoms with E-state index in [1.807, 2.05) is 0 Å². The first-order valence-electron chi connectivity index (χ1n) is 5.94. The van der Waals surface area contributed by atoms with Crippen molar-refractivity contribution in [2.24, 2.45) is 5.73 Å². The average molecular weight is 245 g/mol. The van der Waals surface area contributed by atoms with Gasteiger partial charge >= 0.3 is 0 Å². The van der Waals surface area contributed by atoms with Gasteiger partial charge in [0.15, 0.2) is 0 Å². The minimum atomic E-state index is -0.423. The minimum Gasteiger partial charge on any atom is -0.321 e. The van der Waals surface area contributed by atoms with Crippen molar-refractivity contribution >= 4 is 0 Å². The fraction of sp³-hybridized carbons (Fsp3) is 0.200. The van der Waals surface area contributed by atoms with Gasteiger partial charge in [-0.25, -0.2) is 8.78 Å². The van der Waals surface area contributed by atoms with Crippen LogP contribution in [0.5, 0.6) is 0 Å². The second-order valence-corrected chi connectivity index (χ2v) is 4.83. The van der Waals surface area contributed by atoms with E-state index in [9.17, 15) is 8.78 Å². The van der Waals surface area contributed by atoms with E-state index in [1.165, 1.54) is 12.1 Å². The van der Waals surface area contributed by atoms with Gasteiger partial charge < -0.3 is 5.73 Å². The quantitative estimate of drug-likeness (QED) is 0.859. The molecule has 1 aliphatic rings. The highest BCUT2D eigenvalue weighted by Gasteiger charge is 2.40. The lowest BCUT2D eigenvalue weighted by molar-refractivity contribution is 0.614. The molecule has 1 fully saturated rings. The largest absolute Gasteiger partial charge is 0.321 e. The first-order chi connectivity index (χ1) is 8.60. The molecule has 0 amide bonds. The third kappa shape index (κ3) is 1.81. The SMILES string of the molecule is NC1(c2ccc(F)c(-c3ccccc3F)c2)CC1. The van der Waals surface area contributed by atoms with Crippen molar-refractivity contribution in [1.82, 2.24) is 0 Å². The Balaban J connectivity index is 2.14. The van der Waals surface area contributed by atoms with Crippen LogP contribution in [0.1, 0.15) is 18.4 Å². The second kappa shape index (κ2) is 3.89. The molecular weight excluding hydrogens is 232 g/mol. The van der Waals surface area contributed by atoms with Crippen LogP contribution < -0.4 is 5.73 Å². The molecule has 0 aliphatic heterocycles. The van der Waals surface area contributed by atoms with Crippen molar-refractivity contribution in [3.05, 3.63) is 59.7 Å². The molecule has 0 spiro atoms. The second-order valence-electron chi connectivity index (χ2n) is 4.83. The van der Waals surface area contributed by atoms with Crippen LogP contribution >= 0.6 is 0 Å². The Morgan fingerprint density at radius 2 is 1.56 bits per heavy atom. The summed E-state index contributed by atoms with van der Waals surface area (Å²) in [7, 11) is 0. The molecule has 0 bridgehead atoms. The fourth-order valence-electron chi connectivity index (χ4n) is 2.14. The predicted octanol–water partition coefficient (Wildman–Crippen LogP) is 3.58. The first kappa shape index (κ1) is 11.4. The number of benzene rings is 2. The summed E-state index contributed by atoms with van der Waals surface area (Å²) in [5.74, 6) is -0.844. The van der Waals surface area contributed by atoms with Crippen LogP contribution in [-0.4, -0.2) is 0 Å². The Hall–Kier alpha value is -1.74. The van der Waals surface area contributed by atoms with E-state index in [4.69, 9.17) is 5.73 Å². The van der Waals surface area contributed by atoms with Crippen LogP contribution in [0.15, 0.2) is 42.5 Å². The maximum Gasteiger partial charge on any atom is 0.131 e. The molecule has 2 aromatic carbocycles. The standard InChI is InChI=1S/C15H13F2N/c16-13-4-2-1-3-11(13)12-9-10(5-6-14(12)17)15(18)7-8-15/h1-6,9H,7-8,18H2. The number of rotatable bonds is 2. The molecule has 0 radical (unpaired) electrons. The zero-order valence-corrected chi connectivity index (χ0v) is 9.79. The average Bonchev–Trinajstić information content (AvgIpc) is 3.10. The van der Waals surface area contributed by atoms with E-state index in [1.54, 1.807) is 30.3 Å². The van der Waals surface area contributed by atoms with Gasteiger partial charge in [0.25, 0.3) is 0 Å². The number of hydrogen-bond acceptors (Lipinski definition) is 1. The molecule has 0 heterocycles. The zero-order valence-electron chi connectivity index (χ0n) is 9.79. The van der Waals surface area contributed by atoms with Crippen LogP contribution in [0.25, 0.3) is 11.1 Å². The van der Waals surface area contributed by atoms with Crippen LogP contribution in [0.4, 0.5) is 8.78 Å². The van der Waals surface area contributed by atoms with Gasteiger partial charge in [-0.1, -0.05) is 24.3 Å². The molecule has 0 unspecified atom stereocenters. The fourth-order valence-corrected chi connectivity index (χ4v) is 2.14. The summed E-state index contributed by atoms with van der Waals surface area (Å²) in [6.07, 6.45) is 1.80. The van der Waals surface area contributed by atoms with Gasteiger partial charge in [0.2, 0.25) is 0 Å². The summed E-state index contributed by atoms with van der Waals surface area (Å²) in [5, 5.41) is 0. The molecule has 0 saturated heterocycles. The van der Waals surface area contributed by atoms with Crippen molar-refractivity contribution in [2.45, 2.75) is 18.4 Å². The van der Waals surface area contributed by atoms with Crippen LogP contribution in [-0.2, 0) is 5.54 Å². The van der Waals surface area contributed by atoms with Gasteiger partial charge in [0, 0.05) is 16.7 Å². The summed E-state index contributed by atoms with van der Waals surface area (Å²) in [6.45, 7) is 0. The Bertz CT molecular complexity index is 603. The molecule has 0 atom stereocenters. The Labute approximate surface area is 104 Å². The van der Waals surface area contributed by atoms with Gasteiger partial charge in [-0.05, 0) is 36.6 Å². The number of hydrogen-bond donors (Lipinski definition) is 1. The van der Waals surface area contributed by atoms with E-state index in [2.05, 4.69) is 0 Å². The highest BCUT2D eigenvalue weighted by Crippen LogP contribution is 2.44. The molecule has 3 rings (SSSR count). The summed E-state index contributed by atoms with van der Waals surface area (Å²) in [6, 6.07) is 10.9. The number of nitrogens with two attached hydrogens (primary N) is 1. The third-order valence-corrected chi connectivity index (χ3v) is 3.49. The summed E-state index contributed by atoms with van der Waals surface area (Å²) >= 11 is 0. The highest BCUT2D eigenvalue weighted by atomic mass is 19.1. The monoisotopic (exact) mass is 245 g/mol. The van der Waals surface area contributed by atoms with Gasteiger partial charge in [-0.3, -0.25) is 0 Å². The van der Waals surface area contributed by atoms with Crippen LogP contribution in [0, 0.1) is 11.6 Å². The third-order valence-electron chi connectivity index (χ3n) is 3.49. The van der Waals surface area contributed by atoms with E-state index < -0.39 is 11.6 Å². The molecule has 3 heteroatoms. The van der Waals surface area contributed by atoms with E-state index >= 15 is 0 Å². The van der Waals surface area contributed by atoms with Crippen molar-refractivity contribution in [3.8, 4) is 11.1 Å². The topological polar surface area (TPSA) is 26.0 Å². The highest BCUT2D eigenvalue weighted by molar-refractivity contribution is 5.66. The summed E-state index contributed by atoms with van der Waals surface area (Å²) in [4.78, 5) is 0. The van der Waals surface area contributed by atoms with Crippen molar-refractivity contribution < 1.29 is 8.78 Å². The lowest BCUT2D eigenvalue weighted by Gasteiger charge is -2.12. The van der Waals surface area contributed by atoms with E-state index in [0.717, 1.165) is 18.4 Å². The smallest absolute Gasteiger partial charge is 0.131 e. The number of halogens is 2. The Morgan fingerprint density at radius 1 is 0.889 bits per heavy atom.